The van der Waals surface area contributed by atoms with Gasteiger partial charge < -0.3 is 0 Å². The van der Waals surface area contributed by atoms with Crippen LogP contribution in [0.1, 0.15) is 11.4 Å². The SMILES string of the molecule is Cc1cc(CSCC[N+](C)=C(N)NC#N)n[nH]1. The minimum atomic E-state index is 0.378. The Morgan fingerprint density at radius 3 is 3.12 bits per heavy atom. The van der Waals surface area contributed by atoms with Crippen molar-refractivity contribution in [2.24, 2.45) is 5.73 Å². The summed E-state index contributed by atoms with van der Waals surface area (Å²) in [5, 5.41) is 17.9. The molecule has 0 aliphatic rings. The third-order valence-electron chi connectivity index (χ3n) is 2.18. The zero-order valence-electron chi connectivity index (χ0n) is 10.0. The number of nitriles is 1. The van der Waals surface area contributed by atoms with Crippen molar-refractivity contribution in [3.05, 3.63) is 17.5 Å². The lowest BCUT2D eigenvalue weighted by molar-refractivity contribution is -0.494. The molecule has 0 fully saturated rings. The number of hydrogen-bond donors (Lipinski definition) is 3. The van der Waals surface area contributed by atoms with Gasteiger partial charge in [-0.05, 0) is 13.0 Å². The van der Waals surface area contributed by atoms with Crippen LogP contribution in [0.3, 0.4) is 0 Å². The van der Waals surface area contributed by atoms with Crippen LogP contribution in [0.5, 0.6) is 0 Å². The average molecular weight is 253 g/mol. The van der Waals surface area contributed by atoms with Gasteiger partial charge in [-0.15, -0.1) is 0 Å². The molecule has 0 spiro atoms. The second-order valence-electron chi connectivity index (χ2n) is 3.64. The number of nitrogens with two attached hydrogens (primary N) is 1. The van der Waals surface area contributed by atoms with Gasteiger partial charge in [0.25, 0.3) is 6.19 Å². The highest BCUT2D eigenvalue weighted by Gasteiger charge is 2.03. The number of aromatic nitrogens is 2. The Bertz CT molecular complexity index is 430. The number of H-pyrrole nitrogens is 1. The third-order valence-corrected chi connectivity index (χ3v) is 3.15. The molecule has 0 bridgehead atoms. The number of aromatic amines is 1. The predicted molar refractivity (Wildman–Crippen MR) is 68.5 cm³/mol. The van der Waals surface area contributed by atoms with Crippen LogP contribution < -0.4 is 11.1 Å². The van der Waals surface area contributed by atoms with Crippen LogP contribution in [0.15, 0.2) is 6.07 Å². The lowest BCUT2D eigenvalue weighted by Gasteiger charge is -2.03. The van der Waals surface area contributed by atoms with Crippen molar-refractivity contribution in [3.63, 3.8) is 0 Å². The van der Waals surface area contributed by atoms with Gasteiger partial charge in [0.05, 0.1) is 19.3 Å². The number of aryl methyl sites for hydroxylation is 1. The fourth-order valence-electron chi connectivity index (χ4n) is 1.20. The number of nitrogens with one attached hydrogen (secondary N) is 2. The molecule has 7 heteroatoms. The largest absolute Gasteiger partial charge is 0.357 e. The van der Waals surface area contributed by atoms with Gasteiger partial charge in [-0.1, -0.05) is 0 Å². The van der Waals surface area contributed by atoms with Gasteiger partial charge in [-0.25, -0.2) is 0 Å². The topological polar surface area (TPSA) is 93.5 Å². The molecule has 0 unspecified atom stereocenters. The average Bonchev–Trinajstić information content (AvgIpc) is 2.70. The smallest absolute Gasteiger partial charge is 0.290 e. The van der Waals surface area contributed by atoms with E-state index in [9.17, 15) is 0 Å². The molecule has 0 aliphatic carbocycles. The van der Waals surface area contributed by atoms with Gasteiger partial charge in [0.15, 0.2) is 0 Å². The molecule has 0 radical (unpaired) electrons. The Labute approximate surface area is 105 Å². The first-order valence-corrected chi connectivity index (χ1v) is 6.36. The van der Waals surface area contributed by atoms with Crippen LogP contribution >= 0.6 is 11.8 Å². The third kappa shape index (κ3) is 4.78. The fraction of sp³-hybridized carbons (Fsp3) is 0.500. The summed E-state index contributed by atoms with van der Waals surface area (Å²) >= 11 is 1.78. The monoisotopic (exact) mass is 253 g/mol. The predicted octanol–water partition coefficient (Wildman–Crippen LogP) is -0.0210. The van der Waals surface area contributed by atoms with E-state index in [0.29, 0.717) is 5.96 Å². The molecule has 0 aromatic carbocycles. The Hall–Kier alpha value is -1.68. The summed E-state index contributed by atoms with van der Waals surface area (Å²) in [5.74, 6) is 2.18. The maximum atomic E-state index is 8.40. The van der Waals surface area contributed by atoms with E-state index in [1.807, 2.05) is 24.6 Å². The molecular formula is C10H17N6S+. The van der Waals surface area contributed by atoms with Crippen molar-refractivity contribution < 1.29 is 4.58 Å². The van der Waals surface area contributed by atoms with Crippen LogP contribution in [0, 0.1) is 18.4 Å². The first kappa shape index (κ1) is 13.4. The minimum Gasteiger partial charge on any atom is -0.290 e. The van der Waals surface area contributed by atoms with E-state index in [2.05, 4.69) is 15.5 Å². The van der Waals surface area contributed by atoms with Crippen molar-refractivity contribution in [1.29, 1.82) is 5.26 Å². The number of hydrogen-bond acceptors (Lipinski definition) is 3. The summed E-state index contributed by atoms with van der Waals surface area (Å²) in [7, 11) is 1.85. The van der Waals surface area contributed by atoms with Crippen molar-refractivity contribution in [2.75, 3.05) is 19.3 Å². The molecule has 17 heavy (non-hydrogen) atoms. The summed E-state index contributed by atoms with van der Waals surface area (Å²) in [5.41, 5.74) is 7.74. The molecule has 0 atom stereocenters. The standard InChI is InChI=1S/C10H16N6S/c1-8-5-9(15-14-8)6-17-4-3-16(2)10(12)13-7-11/h5H,3-4,6H2,1-2H3,(H3,12,13,14,15)/p+1. The summed E-state index contributed by atoms with van der Waals surface area (Å²) in [6.45, 7) is 2.77. The van der Waals surface area contributed by atoms with Crippen LogP contribution in [0.25, 0.3) is 0 Å². The van der Waals surface area contributed by atoms with E-state index in [-0.39, 0.29) is 0 Å². The zero-order chi connectivity index (χ0) is 12.7. The molecule has 1 heterocycles. The normalized spacial score (nSPS) is 11.8. The lowest BCUT2D eigenvalue weighted by Crippen LogP contribution is -2.37. The molecule has 1 aromatic heterocycles. The van der Waals surface area contributed by atoms with Gasteiger partial charge in [0, 0.05) is 17.2 Å². The minimum absolute atomic E-state index is 0.378. The second-order valence-corrected chi connectivity index (χ2v) is 4.74. The van der Waals surface area contributed by atoms with Gasteiger partial charge in [-0.2, -0.15) is 27.4 Å². The molecule has 4 N–H and O–H groups in total. The summed E-state index contributed by atoms with van der Waals surface area (Å²) in [4.78, 5) is 0. The first-order chi connectivity index (χ1) is 8.13. The van der Waals surface area contributed by atoms with Crippen molar-refractivity contribution >= 4 is 17.7 Å². The van der Waals surface area contributed by atoms with Crippen LogP contribution in [0.2, 0.25) is 0 Å². The number of rotatable bonds is 5. The van der Waals surface area contributed by atoms with E-state index < -0.39 is 0 Å². The van der Waals surface area contributed by atoms with Crippen molar-refractivity contribution in [1.82, 2.24) is 15.5 Å². The van der Waals surface area contributed by atoms with Gasteiger partial charge in [0.1, 0.15) is 0 Å². The highest BCUT2D eigenvalue weighted by atomic mass is 32.2. The van der Waals surface area contributed by atoms with Crippen molar-refractivity contribution in [2.45, 2.75) is 12.7 Å². The summed E-state index contributed by atoms with van der Waals surface area (Å²) in [6.07, 6.45) is 1.79. The van der Waals surface area contributed by atoms with Crippen LogP contribution in [-0.2, 0) is 5.75 Å². The fourth-order valence-corrected chi connectivity index (χ4v) is 2.10. The number of thioether (sulfide) groups is 1. The Morgan fingerprint density at radius 2 is 2.53 bits per heavy atom. The lowest BCUT2D eigenvalue weighted by atomic mass is 10.4. The van der Waals surface area contributed by atoms with Gasteiger partial charge >= 0.3 is 5.96 Å². The van der Waals surface area contributed by atoms with E-state index in [1.54, 1.807) is 18.0 Å². The maximum Gasteiger partial charge on any atom is 0.357 e. The van der Waals surface area contributed by atoms with Gasteiger partial charge in [-0.3, -0.25) is 15.4 Å². The molecule has 0 amide bonds. The highest BCUT2D eigenvalue weighted by molar-refractivity contribution is 7.98. The molecule has 92 valence electrons. The van der Waals surface area contributed by atoms with Crippen LogP contribution in [0.4, 0.5) is 0 Å². The first-order valence-electron chi connectivity index (χ1n) is 5.20. The zero-order valence-corrected chi connectivity index (χ0v) is 10.8. The van der Waals surface area contributed by atoms with E-state index in [1.165, 1.54) is 0 Å². The highest BCUT2D eigenvalue weighted by Crippen LogP contribution is 2.09. The Kier molecular flexibility index (Phi) is 5.36. The quantitative estimate of drug-likeness (QED) is 0.171. The second kappa shape index (κ2) is 6.81. The molecule has 6 nitrogen and oxygen atoms in total. The van der Waals surface area contributed by atoms with E-state index in [4.69, 9.17) is 11.0 Å². The van der Waals surface area contributed by atoms with Crippen LogP contribution in [-0.4, -0.2) is 40.1 Å². The number of guanidine groups is 1. The van der Waals surface area contributed by atoms with Crippen molar-refractivity contribution in [3.8, 4) is 6.19 Å². The Balaban J connectivity index is 2.25. The molecule has 1 rings (SSSR count). The summed E-state index contributed by atoms with van der Waals surface area (Å²) in [6, 6.07) is 2.04. The molecule has 0 saturated heterocycles. The van der Waals surface area contributed by atoms with E-state index >= 15 is 0 Å². The molecular weight excluding hydrogens is 236 g/mol. The van der Waals surface area contributed by atoms with E-state index in [0.717, 1.165) is 29.4 Å². The molecule has 0 saturated carbocycles. The maximum absolute atomic E-state index is 8.40. The van der Waals surface area contributed by atoms with Gasteiger partial charge in [0.2, 0.25) is 0 Å². The molecule has 1 aromatic rings. The summed E-state index contributed by atoms with van der Waals surface area (Å²) < 4.78 is 1.81. The Morgan fingerprint density at radius 1 is 1.76 bits per heavy atom. The number of nitrogens with zero attached hydrogens (tertiary/aromatic N) is 3. The molecule has 0 aliphatic heterocycles.